The Kier molecular flexibility index (Phi) is 6.75. The van der Waals surface area contributed by atoms with Crippen molar-refractivity contribution in [2.75, 3.05) is 12.4 Å². The van der Waals surface area contributed by atoms with Crippen LogP contribution in [0.1, 0.15) is 23.3 Å². The molecule has 142 valence electrons. The van der Waals surface area contributed by atoms with Gasteiger partial charge < -0.3 is 10.1 Å². The third kappa shape index (κ3) is 4.06. The summed E-state index contributed by atoms with van der Waals surface area (Å²) in [5.74, 6) is -0.220. The van der Waals surface area contributed by atoms with E-state index in [1.165, 1.54) is 23.1 Å². The van der Waals surface area contributed by atoms with Gasteiger partial charge in [0.05, 0.1) is 40.5 Å². The second kappa shape index (κ2) is 9.45. The molecule has 0 saturated heterocycles. The number of nitrogens with zero attached hydrogens (tertiary/aromatic N) is 1. The average Bonchev–Trinajstić information content (AvgIpc) is 3.26. The van der Waals surface area contributed by atoms with Gasteiger partial charge in [0.15, 0.2) is 0 Å². The first-order chi connectivity index (χ1) is 13.7. The summed E-state index contributed by atoms with van der Waals surface area (Å²) >= 11 is 3.03. The van der Waals surface area contributed by atoms with Crippen LogP contribution in [0.3, 0.4) is 0 Å². The molecule has 0 fully saturated rings. The summed E-state index contributed by atoms with van der Waals surface area (Å²) in [7, 11) is 0. The fraction of sp³-hybridized carbons (Fsp3) is 0.182. The second-order valence-electron chi connectivity index (χ2n) is 5.90. The van der Waals surface area contributed by atoms with Gasteiger partial charge in [0, 0.05) is 10.6 Å². The minimum absolute atomic E-state index is 0.269. The van der Waals surface area contributed by atoms with E-state index in [0.717, 1.165) is 15.5 Å². The molecule has 0 spiro atoms. The Bertz CT molecular complexity index is 954. The standard InChI is InChI=1S/C22H20N2O2S2/c1-3-12-28-21-16(14-23)18(17-11-8-13-27-17)19(22(25)26-4-2)20(24-21)15-9-6-5-7-10-15/h3,5-11,13,18,24H,1,4,12H2,2H3/t18-/m1/s1. The quantitative estimate of drug-likeness (QED) is 0.512. The zero-order chi connectivity index (χ0) is 19.9. The van der Waals surface area contributed by atoms with Gasteiger partial charge in [-0.2, -0.15) is 5.26 Å². The first-order valence-corrected chi connectivity index (χ1v) is 10.7. The van der Waals surface area contributed by atoms with Crippen LogP contribution in [0.4, 0.5) is 0 Å². The molecule has 0 unspecified atom stereocenters. The number of dihydropyridines is 1. The maximum Gasteiger partial charge on any atom is 0.337 e. The molecule has 2 aromatic rings. The van der Waals surface area contributed by atoms with Crippen molar-refractivity contribution in [1.29, 1.82) is 5.26 Å². The number of ether oxygens (including phenoxy) is 1. The zero-order valence-electron chi connectivity index (χ0n) is 15.5. The smallest absolute Gasteiger partial charge is 0.337 e. The summed E-state index contributed by atoms with van der Waals surface area (Å²) in [6.45, 7) is 5.82. The number of hydrogen-bond acceptors (Lipinski definition) is 6. The molecule has 0 amide bonds. The molecule has 0 radical (unpaired) electrons. The SMILES string of the molecule is C=CCSC1=C(C#N)[C@H](c2cccs2)C(C(=O)OCC)=C(c2ccccc2)N1. The highest BCUT2D eigenvalue weighted by atomic mass is 32.2. The van der Waals surface area contributed by atoms with Crippen LogP contribution >= 0.6 is 23.1 Å². The third-order valence-electron chi connectivity index (χ3n) is 4.18. The first-order valence-electron chi connectivity index (χ1n) is 8.86. The number of thioether (sulfide) groups is 1. The molecule has 1 aromatic heterocycles. The molecule has 1 aromatic carbocycles. The zero-order valence-corrected chi connectivity index (χ0v) is 17.1. The fourth-order valence-corrected chi connectivity index (χ4v) is 4.66. The fourth-order valence-electron chi connectivity index (χ4n) is 3.04. The van der Waals surface area contributed by atoms with Crippen LogP contribution in [-0.4, -0.2) is 18.3 Å². The third-order valence-corrected chi connectivity index (χ3v) is 6.13. The number of esters is 1. The number of thiophene rings is 1. The predicted octanol–water partition coefficient (Wildman–Crippen LogP) is 5.06. The number of nitriles is 1. The van der Waals surface area contributed by atoms with E-state index in [1.807, 2.05) is 47.8 Å². The van der Waals surface area contributed by atoms with Crippen LogP contribution in [0.25, 0.3) is 5.70 Å². The van der Waals surface area contributed by atoms with Crippen LogP contribution in [0.5, 0.6) is 0 Å². The summed E-state index contributed by atoms with van der Waals surface area (Å²) < 4.78 is 5.38. The number of carbonyl (C=O) groups is 1. The van der Waals surface area contributed by atoms with Gasteiger partial charge in [-0.25, -0.2) is 4.79 Å². The monoisotopic (exact) mass is 408 g/mol. The first kappa shape index (κ1) is 20.0. The number of allylic oxidation sites excluding steroid dienone is 1. The largest absolute Gasteiger partial charge is 0.463 e. The van der Waals surface area contributed by atoms with Crippen LogP contribution in [0.2, 0.25) is 0 Å². The number of benzene rings is 1. The lowest BCUT2D eigenvalue weighted by atomic mass is 9.85. The molecule has 6 heteroatoms. The topological polar surface area (TPSA) is 62.1 Å². The Morgan fingerprint density at radius 3 is 2.75 bits per heavy atom. The van der Waals surface area contributed by atoms with Crippen LogP contribution in [0, 0.1) is 11.3 Å². The molecule has 1 aliphatic rings. The molecular weight excluding hydrogens is 388 g/mol. The van der Waals surface area contributed by atoms with E-state index in [4.69, 9.17) is 4.74 Å². The molecule has 0 bridgehead atoms. The molecule has 3 rings (SSSR count). The molecule has 1 N–H and O–H groups in total. The maximum absolute atomic E-state index is 13.0. The van der Waals surface area contributed by atoms with Gasteiger partial charge in [-0.1, -0.05) is 42.5 Å². The lowest BCUT2D eigenvalue weighted by Gasteiger charge is -2.30. The van der Waals surface area contributed by atoms with Crippen LogP contribution < -0.4 is 5.32 Å². The van der Waals surface area contributed by atoms with Crippen molar-refractivity contribution in [3.8, 4) is 6.07 Å². The van der Waals surface area contributed by atoms with Gasteiger partial charge in [-0.15, -0.1) is 29.7 Å². The average molecular weight is 409 g/mol. The summed E-state index contributed by atoms with van der Waals surface area (Å²) in [4.78, 5) is 13.9. The summed E-state index contributed by atoms with van der Waals surface area (Å²) in [5, 5.41) is 16.0. The minimum Gasteiger partial charge on any atom is -0.463 e. The van der Waals surface area contributed by atoms with Crippen molar-refractivity contribution in [3.05, 3.63) is 87.1 Å². The van der Waals surface area contributed by atoms with E-state index in [-0.39, 0.29) is 6.61 Å². The molecule has 0 saturated carbocycles. The van der Waals surface area contributed by atoms with Crippen molar-refractivity contribution in [2.24, 2.45) is 0 Å². The highest BCUT2D eigenvalue weighted by Crippen LogP contribution is 2.44. The van der Waals surface area contributed by atoms with Gasteiger partial charge in [-0.05, 0) is 23.9 Å². The van der Waals surface area contributed by atoms with Crippen LogP contribution in [0.15, 0.2) is 76.7 Å². The molecule has 0 aliphatic carbocycles. The number of carbonyl (C=O) groups excluding carboxylic acids is 1. The van der Waals surface area contributed by atoms with Gasteiger partial charge in [0.25, 0.3) is 0 Å². The van der Waals surface area contributed by atoms with Crippen molar-refractivity contribution < 1.29 is 9.53 Å². The highest BCUT2D eigenvalue weighted by Gasteiger charge is 2.37. The van der Waals surface area contributed by atoms with Crippen molar-refractivity contribution >= 4 is 34.8 Å². The molecule has 2 heterocycles. The summed E-state index contributed by atoms with van der Waals surface area (Å²) in [5.41, 5.74) is 2.55. The molecule has 1 atom stereocenters. The van der Waals surface area contributed by atoms with E-state index >= 15 is 0 Å². The minimum atomic E-state index is -0.465. The Hall–Kier alpha value is -2.75. The molecule has 4 nitrogen and oxygen atoms in total. The van der Waals surface area contributed by atoms with Gasteiger partial charge in [0.1, 0.15) is 0 Å². The Labute approximate surface area is 173 Å². The molecule has 1 aliphatic heterocycles. The number of nitrogens with one attached hydrogen (secondary N) is 1. The van der Waals surface area contributed by atoms with E-state index in [9.17, 15) is 10.1 Å². The van der Waals surface area contributed by atoms with Gasteiger partial charge in [0.2, 0.25) is 0 Å². The van der Waals surface area contributed by atoms with E-state index in [0.29, 0.717) is 22.6 Å². The lowest BCUT2D eigenvalue weighted by Crippen LogP contribution is -2.29. The Balaban J connectivity index is 2.24. The Morgan fingerprint density at radius 2 is 2.14 bits per heavy atom. The summed E-state index contributed by atoms with van der Waals surface area (Å²) in [6, 6.07) is 15.9. The van der Waals surface area contributed by atoms with Gasteiger partial charge in [-0.3, -0.25) is 0 Å². The second-order valence-corrected chi connectivity index (χ2v) is 7.91. The normalized spacial score (nSPS) is 16.4. The van der Waals surface area contributed by atoms with Crippen LogP contribution in [-0.2, 0) is 9.53 Å². The Morgan fingerprint density at radius 1 is 1.36 bits per heavy atom. The summed E-state index contributed by atoms with van der Waals surface area (Å²) in [6.07, 6.45) is 1.79. The maximum atomic E-state index is 13.0. The van der Waals surface area contributed by atoms with Crippen molar-refractivity contribution in [3.63, 3.8) is 0 Å². The van der Waals surface area contributed by atoms with E-state index in [2.05, 4.69) is 18.0 Å². The number of rotatable bonds is 7. The molecular formula is C22H20N2O2S2. The van der Waals surface area contributed by atoms with Crippen molar-refractivity contribution in [1.82, 2.24) is 5.32 Å². The predicted molar refractivity (Wildman–Crippen MR) is 115 cm³/mol. The van der Waals surface area contributed by atoms with Crippen molar-refractivity contribution in [2.45, 2.75) is 12.8 Å². The highest BCUT2D eigenvalue weighted by molar-refractivity contribution is 8.03. The lowest BCUT2D eigenvalue weighted by molar-refractivity contribution is -0.138. The molecule has 28 heavy (non-hydrogen) atoms. The van der Waals surface area contributed by atoms with E-state index < -0.39 is 11.9 Å². The van der Waals surface area contributed by atoms with Gasteiger partial charge >= 0.3 is 5.97 Å². The van der Waals surface area contributed by atoms with E-state index in [1.54, 1.807) is 13.0 Å². The number of hydrogen-bond donors (Lipinski definition) is 1.